The van der Waals surface area contributed by atoms with E-state index in [1.807, 2.05) is 11.8 Å². The number of aromatic nitrogens is 3. The highest BCUT2D eigenvalue weighted by Gasteiger charge is 2.31. The van der Waals surface area contributed by atoms with Crippen LogP contribution >= 0.6 is 0 Å². The van der Waals surface area contributed by atoms with Gasteiger partial charge in [0.15, 0.2) is 0 Å². The van der Waals surface area contributed by atoms with Gasteiger partial charge in [-0.1, -0.05) is 5.10 Å². The molecule has 3 aromatic rings. The summed E-state index contributed by atoms with van der Waals surface area (Å²) in [5.41, 5.74) is 1.53. The molecule has 0 spiro atoms. The monoisotopic (exact) mass is 506 g/mol. The molecule has 1 aliphatic heterocycles. The number of aliphatic carboxylic acids is 1. The van der Waals surface area contributed by atoms with Crippen LogP contribution in [0, 0.1) is 12.8 Å². The lowest BCUT2D eigenvalue weighted by molar-refractivity contribution is -0.274. The Balaban J connectivity index is 1.34. The van der Waals surface area contributed by atoms with E-state index >= 15 is 0 Å². The molecular weight excluding hydrogens is 485 g/mol. The zero-order valence-corrected chi connectivity index (χ0v) is 18.9. The summed E-state index contributed by atoms with van der Waals surface area (Å²) >= 11 is 0. The average Bonchev–Trinajstić information content (AvgIpc) is 3.28. The molecule has 1 fully saturated rings. The Hall–Kier alpha value is -4.36. The first-order chi connectivity index (χ1) is 17.1. The number of benzene rings is 1. The molecule has 1 saturated heterocycles. The van der Waals surface area contributed by atoms with Crippen LogP contribution in [-0.2, 0) is 4.79 Å². The maximum atomic E-state index is 12.5. The summed E-state index contributed by atoms with van der Waals surface area (Å²) < 4.78 is 45.8. The third-order valence-corrected chi connectivity index (χ3v) is 5.41. The number of carbonyl (C=O) groups is 2. The first kappa shape index (κ1) is 24.8. The van der Waals surface area contributed by atoms with Crippen LogP contribution in [0.15, 0.2) is 40.9 Å². The van der Waals surface area contributed by atoms with Gasteiger partial charge in [0.1, 0.15) is 11.6 Å². The molecule has 190 valence electrons. The number of carbonyl (C=O) groups excluding carboxylic acids is 1. The van der Waals surface area contributed by atoms with Crippen molar-refractivity contribution in [3.05, 3.63) is 48.0 Å². The van der Waals surface area contributed by atoms with Crippen molar-refractivity contribution in [3.63, 3.8) is 0 Å². The van der Waals surface area contributed by atoms with Crippen LogP contribution in [0.1, 0.15) is 29.1 Å². The molecule has 0 unspecified atom stereocenters. The molecule has 3 heterocycles. The van der Waals surface area contributed by atoms with Gasteiger partial charge in [-0.05, 0) is 55.7 Å². The van der Waals surface area contributed by atoms with Crippen LogP contribution in [0.5, 0.6) is 5.75 Å². The molecule has 36 heavy (non-hydrogen) atoms. The van der Waals surface area contributed by atoms with E-state index in [4.69, 9.17) is 9.52 Å². The number of carboxylic acids is 1. The van der Waals surface area contributed by atoms with Crippen LogP contribution in [0.2, 0.25) is 0 Å². The second-order valence-electron chi connectivity index (χ2n) is 8.03. The van der Waals surface area contributed by atoms with Crippen LogP contribution < -0.4 is 20.3 Å². The second kappa shape index (κ2) is 10.1. The smallest absolute Gasteiger partial charge is 0.481 e. The van der Waals surface area contributed by atoms with Gasteiger partial charge < -0.3 is 29.8 Å². The van der Waals surface area contributed by atoms with Crippen LogP contribution in [0.4, 0.5) is 36.4 Å². The maximum Gasteiger partial charge on any atom is 0.573 e. The third-order valence-electron chi connectivity index (χ3n) is 5.41. The second-order valence-corrected chi connectivity index (χ2v) is 8.03. The Morgan fingerprint density at radius 2 is 1.83 bits per heavy atom. The van der Waals surface area contributed by atoms with Crippen molar-refractivity contribution in [3.8, 4) is 5.75 Å². The van der Waals surface area contributed by atoms with Gasteiger partial charge in [-0.3, -0.25) is 9.59 Å². The number of nitrogens with one attached hydrogen (secondary N) is 2. The molecule has 0 radical (unpaired) electrons. The molecule has 0 atom stereocenters. The van der Waals surface area contributed by atoms with Gasteiger partial charge in [0.25, 0.3) is 0 Å². The minimum Gasteiger partial charge on any atom is -0.481 e. The zero-order chi connectivity index (χ0) is 25.9. The number of aryl methyl sites for hydroxylation is 1. The molecule has 1 amide bonds. The van der Waals surface area contributed by atoms with E-state index in [0.29, 0.717) is 43.1 Å². The summed E-state index contributed by atoms with van der Waals surface area (Å²) in [6, 6.07) is 6.42. The Labute approximate surface area is 202 Å². The summed E-state index contributed by atoms with van der Waals surface area (Å²) in [6.07, 6.45) is -2.25. The number of halogens is 3. The number of carboxylic acid groups (broad SMARTS) is 1. The standard InChI is InChI=1S/C22H21F3N6O5/c1-12-10-15(11-26-17(12)31-8-6-13(7-9-31)20(33)34)27-18(32)19-29-30-21(35-19)28-14-2-4-16(5-3-14)36-22(23,24)25/h2-5,10-11,13H,6-9H2,1H3,(H,27,32)(H,28,30)(H,33,34). The lowest BCUT2D eigenvalue weighted by Gasteiger charge is -2.32. The first-order valence-electron chi connectivity index (χ1n) is 10.8. The van der Waals surface area contributed by atoms with E-state index in [0.717, 1.165) is 17.7 Å². The van der Waals surface area contributed by atoms with Crippen molar-refractivity contribution >= 4 is 35.1 Å². The molecule has 14 heteroatoms. The SMILES string of the molecule is Cc1cc(NC(=O)c2nnc(Nc3ccc(OC(F)(F)F)cc3)o2)cnc1N1CCC(C(=O)O)CC1. The van der Waals surface area contributed by atoms with Gasteiger partial charge in [0.2, 0.25) is 0 Å². The van der Waals surface area contributed by atoms with E-state index in [1.54, 1.807) is 6.07 Å². The summed E-state index contributed by atoms with van der Waals surface area (Å²) in [7, 11) is 0. The number of ether oxygens (including phenoxy) is 1. The number of hydrogen-bond donors (Lipinski definition) is 3. The number of piperidine rings is 1. The van der Waals surface area contributed by atoms with Crippen LogP contribution in [0.3, 0.4) is 0 Å². The van der Waals surface area contributed by atoms with Crippen molar-refractivity contribution in [2.75, 3.05) is 28.6 Å². The van der Waals surface area contributed by atoms with E-state index in [-0.39, 0.29) is 17.8 Å². The van der Waals surface area contributed by atoms with Crippen LogP contribution in [-0.4, -0.2) is 51.6 Å². The van der Waals surface area contributed by atoms with Crippen LogP contribution in [0.25, 0.3) is 0 Å². The van der Waals surface area contributed by atoms with E-state index < -0.39 is 24.0 Å². The molecule has 0 aliphatic carbocycles. The Morgan fingerprint density at radius 1 is 1.14 bits per heavy atom. The molecule has 11 nitrogen and oxygen atoms in total. The van der Waals surface area contributed by atoms with Crippen molar-refractivity contribution in [2.24, 2.45) is 5.92 Å². The average molecular weight is 506 g/mol. The number of rotatable bonds is 7. The third kappa shape index (κ3) is 6.20. The number of anilines is 4. The molecule has 4 rings (SSSR count). The highest BCUT2D eigenvalue weighted by molar-refractivity contribution is 6.01. The summed E-state index contributed by atoms with van der Waals surface area (Å²) in [5.74, 6) is -1.83. The van der Waals surface area contributed by atoms with E-state index in [9.17, 15) is 22.8 Å². The lowest BCUT2D eigenvalue weighted by Crippen LogP contribution is -2.37. The predicted molar refractivity (Wildman–Crippen MR) is 120 cm³/mol. The predicted octanol–water partition coefficient (Wildman–Crippen LogP) is 3.97. The summed E-state index contributed by atoms with van der Waals surface area (Å²) in [4.78, 5) is 30.1. The molecule has 1 aliphatic rings. The highest BCUT2D eigenvalue weighted by Crippen LogP contribution is 2.27. The molecule has 2 aromatic heterocycles. The Morgan fingerprint density at radius 3 is 2.44 bits per heavy atom. The number of hydrogen-bond acceptors (Lipinski definition) is 9. The Kier molecular flexibility index (Phi) is 6.94. The fourth-order valence-corrected chi connectivity index (χ4v) is 3.72. The summed E-state index contributed by atoms with van der Waals surface area (Å²) in [6.45, 7) is 2.99. The van der Waals surface area contributed by atoms with E-state index in [2.05, 4.69) is 30.6 Å². The number of nitrogens with zero attached hydrogens (tertiary/aromatic N) is 4. The van der Waals surface area contributed by atoms with Gasteiger partial charge >= 0.3 is 30.1 Å². The number of alkyl halides is 3. The van der Waals surface area contributed by atoms with Crippen molar-refractivity contribution in [1.29, 1.82) is 0 Å². The molecule has 0 bridgehead atoms. The first-order valence-corrected chi connectivity index (χ1v) is 10.8. The fourth-order valence-electron chi connectivity index (χ4n) is 3.72. The zero-order valence-electron chi connectivity index (χ0n) is 18.9. The van der Waals surface area contributed by atoms with Gasteiger partial charge in [-0.15, -0.1) is 18.3 Å². The minimum absolute atomic E-state index is 0.140. The molecular formula is C22H21F3N6O5. The number of pyridine rings is 1. The number of amides is 1. The normalized spacial score (nSPS) is 14.4. The Bertz CT molecular complexity index is 1240. The highest BCUT2D eigenvalue weighted by atomic mass is 19.4. The molecule has 1 aromatic carbocycles. The largest absolute Gasteiger partial charge is 0.573 e. The van der Waals surface area contributed by atoms with Crippen molar-refractivity contribution < 1.29 is 37.0 Å². The maximum absolute atomic E-state index is 12.5. The topological polar surface area (TPSA) is 143 Å². The van der Waals surface area contributed by atoms with Gasteiger partial charge in [-0.25, -0.2) is 4.98 Å². The van der Waals surface area contributed by atoms with E-state index in [1.165, 1.54) is 18.3 Å². The fraction of sp³-hybridized carbons (Fsp3) is 0.318. The minimum atomic E-state index is -4.79. The molecule has 0 saturated carbocycles. The quantitative estimate of drug-likeness (QED) is 0.431. The van der Waals surface area contributed by atoms with Gasteiger partial charge in [0, 0.05) is 18.8 Å². The van der Waals surface area contributed by atoms with Crippen molar-refractivity contribution in [2.45, 2.75) is 26.1 Å². The molecule has 3 N–H and O–H groups in total. The van der Waals surface area contributed by atoms with Gasteiger partial charge in [0.05, 0.1) is 17.8 Å². The van der Waals surface area contributed by atoms with Crippen molar-refractivity contribution in [1.82, 2.24) is 15.2 Å². The van der Waals surface area contributed by atoms with Gasteiger partial charge in [-0.2, -0.15) is 0 Å². The lowest BCUT2D eigenvalue weighted by atomic mass is 9.97. The summed E-state index contributed by atoms with van der Waals surface area (Å²) in [5, 5.41) is 21.8.